The maximum Gasteiger partial charge on any atom is 0.341 e. The Hall–Kier alpha value is -3.69. The number of thioether (sulfide) groups is 1. The van der Waals surface area contributed by atoms with Crippen molar-refractivity contribution in [1.82, 2.24) is 14.8 Å². The fourth-order valence-electron chi connectivity index (χ4n) is 3.53. The number of nitrogens with one attached hydrogen (secondary N) is 1. The molecular weight excluding hydrogens is 480 g/mol. The Morgan fingerprint density at radius 1 is 1.11 bits per heavy atom. The summed E-state index contributed by atoms with van der Waals surface area (Å²) in [5.41, 5.74) is 3.08. The third-order valence-electron chi connectivity index (χ3n) is 5.16. The summed E-state index contributed by atoms with van der Waals surface area (Å²) in [5, 5.41) is 14.4. The maximum absolute atomic E-state index is 12.8. The minimum Gasteiger partial charge on any atom is -0.465 e. The zero-order valence-electron chi connectivity index (χ0n) is 19.1. The number of ether oxygens (including phenoxy) is 1. The number of carbonyl (C=O) groups is 2. The first-order valence-electron chi connectivity index (χ1n) is 10.9. The Labute approximate surface area is 211 Å². The number of rotatable bonds is 10. The van der Waals surface area contributed by atoms with Crippen LogP contribution in [0.1, 0.15) is 21.7 Å². The van der Waals surface area contributed by atoms with Crippen molar-refractivity contribution in [2.45, 2.75) is 18.1 Å². The van der Waals surface area contributed by atoms with E-state index in [0.717, 1.165) is 22.5 Å². The normalized spacial score (nSPS) is 10.7. The molecule has 178 valence electrons. The highest BCUT2D eigenvalue weighted by molar-refractivity contribution is 7.99. The summed E-state index contributed by atoms with van der Waals surface area (Å²) < 4.78 is 6.94. The van der Waals surface area contributed by atoms with Crippen molar-refractivity contribution in [1.29, 1.82) is 0 Å². The van der Waals surface area contributed by atoms with E-state index in [1.54, 1.807) is 6.08 Å². The lowest BCUT2D eigenvalue weighted by Gasteiger charge is -2.09. The van der Waals surface area contributed by atoms with Gasteiger partial charge in [0.1, 0.15) is 16.4 Å². The Balaban J connectivity index is 1.48. The van der Waals surface area contributed by atoms with Crippen LogP contribution in [0, 0.1) is 0 Å². The van der Waals surface area contributed by atoms with Gasteiger partial charge >= 0.3 is 5.97 Å². The summed E-state index contributed by atoms with van der Waals surface area (Å²) in [7, 11) is 1.33. The third-order valence-corrected chi connectivity index (χ3v) is 7.02. The van der Waals surface area contributed by atoms with E-state index in [0.29, 0.717) is 28.7 Å². The highest BCUT2D eigenvalue weighted by Crippen LogP contribution is 2.36. The van der Waals surface area contributed by atoms with Crippen LogP contribution in [0.4, 0.5) is 5.00 Å². The molecule has 7 nitrogen and oxygen atoms in total. The molecule has 4 aromatic rings. The van der Waals surface area contributed by atoms with Gasteiger partial charge < -0.3 is 14.6 Å². The Bertz CT molecular complexity index is 1320. The van der Waals surface area contributed by atoms with E-state index in [-0.39, 0.29) is 11.7 Å². The fraction of sp³-hybridized carbons (Fsp3) is 0.154. The van der Waals surface area contributed by atoms with Gasteiger partial charge in [0.05, 0.1) is 12.9 Å². The largest absolute Gasteiger partial charge is 0.465 e. The van der Waals surface area contributed by atoms with Gasteiger partial charge in [0.25, 0.3) is 0 Å². The molecule has 0 aliphatic carbocycles. The van der Waals surface area contributed by atoms with Crippen molar-refractivity contribution < 1.29 is 14.3 Å². The van der Waals surface area contributed by atoms with Gasteiger partial charge in [0, 0.05) is 23.9 Å². The highest BCUT2D eigenvalue weighted by atomic mass is 32.2. The molecule has 0 aliphatic rings. The molecule has 0 fully saturated rings. The summed E-state index contributed by atoms with van der Waals surface area (Å²) in [6.45, 7) is 4.37. The molecule has 2 heterocycles. The zero-order chi connectivity index (χ0) is 24.6. The van der Waals surface area contributed by atoms with Crippen LogP contribution >= 0.6 is 23.1 Å². The second-order valence-electron chi connectivity index (χ2n) is 7.51. The first-order chi connectivity index (χ1) is 17.1. The van der Waals surface area contributed by atoms with Crippen LogP contribution in [0.25, 0.3) is 11.1 Å². The Morgan fingerprint density at radius 3 is 2.51 bits per heavy atom. The SMILES string of the molecule is C=CCn1c(Cc2ccccc2)nnc1SCC(=O)Nc1scc(-c2ccccc2)c1C(=O)OC. The van der Waals surface area contributed by atoms with E-state index in [4.69, 9.17) is 4.74 Å². The van der Waals surface area contributed by atoms with Gasteiger partial charge in [-0.15, -0.1) is 28.1 Å². The number of benzene rings is 2. The van der Waals surface area contributed by atoms with Crippen molar-refractivity contribution in [2.75, 3.05) is 18.2 Å². The molecule has 4 rings (SSSR count). The van der Waals surface area contributed by atoms with Crippen LogP contribution in [-0.2, 0) is 22.5 Å². The number of aromatic nitrogens is 3. The number of anilines is 1. The Morgan fingerprint density at radius 2 is 1.83 bits per heavy atom. The number of nitrogens with zero attached hydrogens (tertiary/aromatic N) is 3. The highest BCUT2D eigenvalue weighted by Gasteiger charge is 2.22. The smallest absolute Gasteiger partial charge is 0.341 e. The first-order valence-corrected chi connectivity index (χ1v) is 12.7. The number of allylic oxidation sites excluding steroid dienone is 1. The van der Waals surface area contributed by atoms with E-state index in [9.17, 15) is 9.59 Å². The number of carbonyl (C=O) groups excluding carboxylic acids is 2. The molecule has 0 saturated carbocycles. The van der Waals surface area contributed by atoms with E-state index in [2.05, 4.69) is 22.1 Å². The summed E-state index contributed by atoms with van der Waals surface area (Å²) in [5.74, 6) is 0.168. The van der Waals surface area contributed by atoms with Crippen LogP contribution in [0.2, 0.25) is 0 Å². The molecule has 2 aromatic heterocycles. The van der Waals surface area contributed by atoms with Gasteiger partial charge in [-0.05, 0) is 11.1 Å². The summed E-state index contributed by atoms with van der Waals surface area (Å²) in [6.07, 6.45) is 2.41. The number of amides is 1. The van der Waals surface area contributed by atoms with Crippen molar-refractivity contribution in [2.24, 2.45) is 0 Å². The van der Waals surface area contributed by atoms with E-state index < -0.39 is 5.97 Å². The summed E-state index contributed by atoms with van der Waals surface area (Å²) >= 11 is 2.58. The lowest BCUT2D eigenvalue weighted by atomic mass is 10.0. The van der Waals surface area contributed by atoms with Gasteiger partial charge in [-0.2, -0.15) is 0 Å². The standard InChI is InChI=1S/C26H24N4O3S2/c1-3-14-30-21(15-18-10-6-4-7-11-18)28-29-26(30)35-17-22(31)27-24-23(25(32)33-2)20(16-34-24)19-12-8-5-9-13-19/h3-13,16H,1,14-15,17H2,2H3,(H,27,31). The van der Waals surface area contributed by atoms with Gasteiger partial charge in [-0.1, -0.05) is 78.5 Å². The van der Waals surface area contributed by atoms with Crippen LogP contribution in [-0.4, -0.2) is 39.5 Å². The summed E-state index contributed by atoms with van der Waals surface area (Å²) in [6, 6.07) is 19.5. The molecular formula is C26H24N4O3S2. The molecule has 0 spiro atoms. The topological polar surface area (TPSA) is 86.1 Å². The number of methoxy groups -OCH3 is 1. The molecule has 0 atom stereocenters. The quantitative estimate of drug-likeness (QED) is 0.179. The van der Waals surface area contributed by atoms with Crippen molar-refractivity contribution >= 4 is 40.0 Å². The maximum atomic E-state index is 12.8. The van der Waals surface area contributed by atoms with Gasteiger partial charge in [-0.3, -0.25) is 4.79 Å². The van der Waals surface area contributed by atoms with Crippen LogP contribution in [0.5, 0.6) is 0 Å². The number of hydrogen-bond donors (Lipinski definition) is 1. The predicted molar refractivity (Wildman–Crippen MR) is 140 cm³/mol. The van der Waals surface area contributed by atoms with Crippen molar-refractivity contribution in [3.05, 3.63) is 95.6 Å². The van der Waals surface area contributed by atoms with Crippen molar-refractivity contribution in [3.8, 4) is 11.1 Å². The van der Waals surface area contributed by atoms with Gasteiger partial charge in [0.15, 0.2) is 5.16 Å². The fourth-order valence-corrected chi connectivity index (χ4v) is 5.27. The second kappa shape index (κ2) is 11.6. The van der Waals surface area contributed by atoms with E-state index in [1.165, 1.54) is 30.2 Å². The van der Waals surface area contributed by atoms with Crippen LogP contribution in [0.3, 0.4) is 0 Å². The molecule has 2 aromatic carbocycles. The van der Waals surface area contributed by atoms with Gasteiger partial charge in [0.2, 0.25) is 5.91 Å². The minimum atomic E-state index is -0.496. The molecule has 0 unspecified atom stereocenters. The molecule has 0 bridgehead atoms. The monoisotopic (exact) mass is 504 g/mol. The number of thiophene rings is 1. The lowest BCUT2D eigenvalue weighted by Crippen LogP contribution is -2.16. The number of esters is 1. The molecule has 35 heavy (non-hydrogen) atoms. The van der Waals surface area contributed by atoms with Crippen molar-refractivity contribution in [3.63, 3.8) is 0 Å². The predicted octanol–water partition coefficient (Wildman–Crippen LogP) is 5.30. The third kappa shape index (κ3) is 5.87. The lowest BCUT2D eigenvalue weighted by molar-refractivity contribution is -0.113. The second-order valence-corrected chi connectivity index (χ2v) is 9.33. The van der Waals surface area contributed by atoms with E-state index >= 15 is 0 Å². The molecule has 1 N–H and O–H groups in total. The molecule has 9 heteroatoms. The summed E-state index contributed by atoms with van der Waals surface area (Å²) in [4.78, 5) is 25.3. The molecule has 0 aliphatic heterocycles. The van der Waals surface area contributed by atoms with E-state index in [1.807, 2.05) is 70.6 Å². The van der Waals surface area contributed by atoms with Crippen LogP contribution in [0.15, 0.2) is 83.9 Å². The minimum absolute atomic E-state index is 0.111. The molecule has 1 amide bonds. The first kappa shape index (κ1) is 24.4. The average Bonchev–Trinajstić information content (AvgIpc) is 3.47. The number of hydrogen-bond acceptors (Lipinski definition) is 7. The molecule has 0 radical (unpaired) electrons. The van der Waals surface area contributed by atoms with Crippen LogP contribution < -0.4 is 5.32 Å². The molecule has 0 saturated heterocycles. The van der Waals surface area contributed by atoms with Gasteiger partial charge in [-0.25, -0.2) is 4.79 Å². The average molecular weight is 505 g/mol. The zero-order valence-corrected chi connectivity index (χ0v) is 20.8. The Kier molecular flexibility index (Phi) is 8.12.